The van der Waals surface area contributed by atoms with Crippen molar-refractivity contribution in [3.8, 4) is 0 Å². The van der Waals surface area contributed by atoms with Crippen molar-refractivity contribution in [2.75, 3.05) is 12.3 Å². The number of rotatable bonds is 9. The van der Waals surface area contributed by atoms with E-state index in [2.05, 4.69) is 72.2 Å². The zero-order valence-electron chi connectivity index (χ0n) is 18.9. The van der Waals surface area contributed by atoms with Gasteiger partial charge in [-0.1, -0.05) is 69.7 Å². The van der Waals surface area contributed by atoms with Crippen LogP contribution in [0.2, 0.25) is 0 Å². The minimum atomic E-state index is 0.511. The van der Waals surface area contributed by atoms with Gasteiger partial charge >= 0.3 is 0 Å². The highest BCUT2D eigenvalue weighted by Crippen LogP contribution is 2.31. The first kappa shape index (κ1) is 21.3. The Morgan fingerprint density at radius 2 is 1.77 bits per heavy atom. The molecule has 0 unspecified atom stereocenters. The van der Waals surface area contributed by atoms with Crippen LogP contribution in [0.1, 0.15) is 50.4 Å². The fourth-order valence-corrected chi connectivity index (χ4v) is 4.07. The fourth-order valence-electron chi connectivity index (χ4n) is 4.07. The molecule has 5 heteroatoms. The van der Waals surface area contributed by atoms with Crippen molar-refractivity contribution >= 4 is 27.6 Å². The number of para-hydroxylation sites is 1. The zero-order chi connectivity index (χ0) is 21.8. The highest BCUT2D eigenvalue weighted by Gasteiger charge is 2.18. The van der Waals surface area contributed by atoms with Gasteiger partial charge in [0.25, 0.3) is 0 Å². The van der Waals surface area contributed by atoms with E-state index in [0.29, 0.717) is 11.7 Å². The van der Waals surface area contributed by atoms with Crippen LogP contribution >= 0.6 is 0 Å². The van der Waals surface area contributed by atoms with E-state index in [1.165, 1.54) is 16.8 Å². The van der Waals surface area contributed by atoms with Crippen molar-refractivity contribution < 1.29 is 0 Å². The number of aromatic nitrogens is 3. The number of nitrogens with two attached hydrogens (primary N) is 1. The Balaban J connectivity index is 1.70. The molecule has 0 atom stereocenters. The summed E-state index contributed by atoms with van der Waals surface area (Å²) in [4.78, 5) is 4.59. The van der Waals surface area contributed by atoms with Crippen LogP contribution in [-0.4, -0.2) is 21.3 Å². The number of anilines is 1. The second-order valence-corrected chi connectivity index (χ2v) is 8.78. The lowest BCUT2D eigenvalue weighted by Crippen LogP contribution is -2.18. The maximum absolute atomic E-state index is 6.32. The number of unbranched alkanes of at least 4 members (excludes halogenated alkanes) is 1. The average Bonchev–Trinajstić information content (AvgIpc) is 3.12. The second-order valence-electron chi connectivity index (χ2n) is 8.78. The molecule has 0 aliphatic carbocycles. The number of hydrogen-bond acceptors (Lipinski definition) is 4. The molecule has 0 fully saturated rings. The molecule has 5 nitrogen and oxygen atoms in total. The molecule has 0 amide bonds. The minimum Gasteiger partial charge on any atom is -0.382 e. The van der Waals surface area contributed by atoms with E-state index in [9.17, 15) is 0 Å². The van der Waals surface area contributed by atoms with Crippen LogP contribution in [0.25, 0.3) is 21.8 Å². The van der Waals surface area contributed by atoms with E-state index in [1.54, 1.807) is 0 Å². The van der Waals surface area contributed by atoms with Crippen LogP contribution in [0.5, 0.6) is 0 Å². The topological polar surface area (TPSA) is 68.8 Å². The van der Waals surface area contributed by atoms with Gasteiger partial charge in [-0.25, -0.2) is 4.98 Å². The molecule has 3 N–H and O–H groups in total. The lowest BCUT2D eigenvalue weighted by molar-refractivity contribution is 0.552. The summed E-state index contributed by atoms with van der Waals surface area (Å²) in [5, 5.41) is 10.7. The third kappa shape index (κ3) is 4.72. The van der Waals surface area contributed by atoms with Gasteiger partial charge in [0.05, 0.1) is 11.2 Å². The van der Waals surface area contributed by atoms with E-state index >= 15 is 0 Å². The van der Waals surface area contributed by atoms with E-state index in [4.69, 9.17) is 10.8 Å². The molecular formula is C26H33N5. The lowest BCUT2D eigenvalue weighted by atomic mass is 10.0. The Labute approximate surface area is 184 Å². The third-order valence-electron chi connectivity index (χ3n) is 5.71. The fraction of sp³-hybridized carbons (Fsp3) is 0.385. The molecule has 2 aromatic carbocycles. The number of aryl methyl sites for hydroxylation is 1. The van der Waals surface area contributed by atoms with E-state index in [1.807, 2.05) is 12.1 Å². The molecule has 31 heavy (non-hydrogen) atoms. The molecule has 0 aliphatic rings. The average molecular weight is 416 g/mol. The molecule has 4 aromatic rings. The number of nitrogens with zero attached hydrogens (tertiary/aromatic N) is 3. The number of pyridine rings is 1. The summed E-state index contributed by atoms with van der Waals surface area (Å²) < 4.78 is 2.15. The normalized spacial score (nSPS) is 11.7. The molecule has 0 bridgehead atoms. The summed E-state index contributed by atoms with van der Waals surface area (Å²) in [7, 11) is 0. The summed E-state index contributed by atoms with van der Waals surface area (Å²) in [6, 6.07) is 17.2. The van der Waals surface area contributed by atoms with Gasteiger partial charge in [0, 0.05) is 30.3 Å². The quantitative estimate of drug-likeness (QED) is 0.389. The predicted molar refractivity (Wildman–Crippen MR) is 130 cm³/mol. The highest BCUT2D eigenvalue weighted by molar-refractivity contribution is 6.09. The molecule has 0 saturated carbocycles. The van der Waals surface area contributed by atoms with Crippen LogP contribution < -0.4 is 11.1 Å². The van der Waals surface area contributed by atoms with Gasteiger partial charge in [-0.05, 0) is 36.1 Å². The Kier molecular flexibility index (Phi) is 6.52. The number of nitrogens with one attached hydrogen (secondary N) is 1. The monoisotopic (exact) mass is 415 g/mol. The molecular weight excluding hydrogens is 382 g/mol. The molecule has 0 aliphatic heterocycles. The van der Waals surface area contributed by atoms with Crippen LogP contribution in [0.4, 0.5) is 5.82 Å². The van der Waals surface area contributed by atoms with Crippen LogP contribution in [0.3, 0.4) is 0 Å². The van der Waals surface area contributed by atoms with Crippen molar-refractivity contribution in [2.45, 2.75) is 53.1 Å². The number of benzene rings is 2. The molecule has 4 rings (SSSR count). The van der Waals surface area contributed by atoms with Crippen molar-refractivity contribution in [3.63, 3.8) is 0 Å². The molecule has 0 radical (unpaired) electrons. The van der Waals surface area contributed by atoms with Crippen molar-refractivity contribution in [1.82, 2.24) is 20.1 Å². The number of nitrogen functional groups attached to an aromatic ring is 1. The Morgan fingerprint density at radius 3 is 2.52 bits per heavy atom. The van der Waals surface area contributed by atoms with E-state index in [0.717, 1.165) is 60.7 Å². The molecule has 0 saturated heterocycles. The summed E-state index contributed by atoms with van der Waals surface area (Å²) >= 11 is 0. The van der Waals surface area contributed by atoms with Crippen LogP contribution in [-0.2, 0) is 19.5 Å². The second kappa shape index (κ2) is 9.48. The minimum absolute atomic E-state index is 0.511. The summed E-state index contributed by atoms with van der Waals surface area (Å²) in [5.41, 5.74) is 11.9. The standard InChI is InChI=1S/C26H33N5/c1-4-5-14-31-23(15-19-10-12-20(13-11-19)17-28-16-18(2)3)24-21-8-6-7-9-22(21)29-26(27)25(24)30-31/h6-13,18,28H,4-5,14-17H2,1-3H3,(H2,27,29). The van der Waals surface area contributed by atoms with E-state index < -0.39 is 0 Å². The molecule has 0 spiro atoms. The van der Waals surface area contributed by atoms with Gasteiger partial charge in [0.1, 0.15) is 5.52 Å². The Hall–Kier alpha value is -2.92. The molecule has 162 valence electrons. The van der Waals surface area contributed by atoms with Crippen molar-refractivity contribution in [3.05, 3.63) is 65.4 Å². The highest BCUT2D eigenvalue weighted by atomic mass is 15.3. The molecule has 2 aromatic heterocycles. The van der Waals surface area contributed by atoms with Gasteiger partial charge in [-0.2, -0.15) is 5.10 Å². The van der Waals surface area contributed by atoms with Gasteiger partial charge in [-0.15, -0.1) is 0 Å². The Bertz CT molecular complexity index is 1160. The largest absolute Gasteiger partial charge is 0.382 e. The van der Waals surface area contributed by atoms with Crippen LogP contribution in [0.15, 0.2) is 48.5 Å². The Morgan fingerprint density at radius 1 is 1.03 bits per heavy atom. The molecule has 2 heterocycles. The van der Waals surface area contributed by atoms with Gasteiger partial charge < -0.3 is 11.1 Å². The summed E-state index contributed by atoms with van der Waals surface area (Å²) in [6.07, 6.45) is 3.04. The van der Waals surface area contributed by atoms with Crippen LogP contribution in [0, 0.1) is 5.92 Å². The summed E-state index contributed by atoms with van der Waals surface area (Å²) in [5.74, 6) is 1.17. The van der Waals surface area contributed by atoms with Gasteiger partial charge in [-0.3, -0.25) is 4.68 Å². The lowest BCUT2D eigenvalue weighted by Gasteiger charge is -2.10. The predicted octanol–water partition coefficient (Wildman–Crippen LogP) is 5.30. The van der Waals surface area contributed by atoms with Gasteiger partial charge in [0.15, 0.2) is 5.82 Å². The van der Waals surface area contributed by atoms with Crippen molar-refractivity contribution in [1.29, 1.82) is 0 Å². The first-order valence-electron chi connectivity index (χ1n) is 11.4. The van der Waals surface area contributed by atoms with Gasteiger partial charge in [0.2, 0.25) is 0 Å². The first-order chi connectivity index (χ1) is 15.1. The zero-order valence-corrected chi connectivity index (χ0v) is 18.9. The third-order valence-corrected chi connectivity index (χ3v) is 5.71. The van der Waals surface area contributed by atoms with E-state index in [-0.39, 0.29) is 0 Å². The maximum Gasteiger partial charge on any atom is 0.152 e. The SMILES string of the molecule is CCCCn1nc2c(N)nc3ccccc3c2c1Cc1ccc(CNCC(C)C)cc1. The summed E-state index contributed by atoms with van der Waals surface area (Å²) in [6.45, 7) is 9.50. The number of fused-ring (bicyclic) bond motifs is 3. The van der Waals surface area contributed by atoms with Crippen molar-refractivity contribution in [2.24, 2.45) is 5.92 Å². The first-order valence-corrected chi connectivity index (χ1v) is 11.4. The number of hydrogen-bond donors (Lipinski definition) is 2. The maximum atomic E-state index is 6.32. The smallest absolute Gasteiger partial charge is 0.152 e.